The molecular formula is C23H24N2O4. The van der Waals surface area contributed by atoms with Gasteiger partial charge < -0.3 is 9.64 Å². The number of imide groups is 1. The predicted octanol–water partition coefficient (Wildman–Crippen LogP) is 2.76. The number of hydrogen-bond donors (Lipinski definition) is 0. The van der Waals surface area contributed by atoms with Gasteiger partial charge in [-0.2, -0.15) is 0 Å². The van der Waals surface area contributed by atoms with E-state index in [0.29, 0.717) is 19.4 Å². The minimum atomic E-state index is -0.303. The second-order valence-electron chi connectivity index (χ2n) is 7.72. The predicted molar refractivity (Wildman–Crippen MR) is 109 cm³/mol. The molecule has 0 saturated carbocycles. The molecule has 2 aliphatic rings. The molecule has 0 N–H and O–H groups in total. The Labute approximate surface area is 169 Å². The highest BCUT2D eigenvalue weighted by Crippen LogP contribution is 2.35. The van der Waals surface area contributed by atoms with Crippen molar-refractivity contribution in [3.63, 3.8) is 0 Å². The van der Waals surface area contributed by atoms with Gasteiger partial charge in [-0.3, -0.25) is 19.3 Å². The molecular weight excluding hydrogens is 368 g/mol. The molecule has 0 radical (unpaired) electrons. The van der Waals surface area contributed by atoms with Crippen molar-refractivity contribution in [2.24, 2.45) is 11.8 Å². The molecule has 29 heavy (non-hydrogen) atoms. The molecule has 0 spiro atoms. The van der Waals surface area contributed by atoms with Gasteiger partial charge in [0.05, 0.1) is 18.9 Å². The molecule has 6 heteroatoms. The number of methoxy groups -OCH3 is 1. The molecule has 1 aliphatic carbocycles. The van der Waals surface area contributed by atoms with Crippen LogP contribution < -0.4 is 4.74 Å². The number of carbonyl (C=O) groups excluding carboxylic acids is 3. The number of carbonyl (C=O) groups is 3. The second-order valence-corrected chi connectivity index (χ2v) is 7.72. The van der Waals surface area contributed by atoms with Gasteiger partial charge in [0.1, 0.15) is 12.3 Å². The molecule has 1 aliphatic heterocycles. The summed E-state index contributed by atoms with van der Waals surface area (Å²) in [5.74, 6) is -0.482. The van der Waals surface area contributed by atoms with Gasteiger partial charge in [0.2, 0.25) is 17.7 Å². The maximum Gasteiger partial charge on any atom is 0.242 e. The highest BCUT2D eigenvalue weighted by atomic mass is 16.5. The molecule has 2 atom stereocenters. The van der Waals surface area contributed by atoms with E-state index in [4.69, 9.17) is 4.74 Å². The Balaban J connectivity index is 1.42. The van der Waals surface area contributed by atoms with E-state index < -0.39 is 0 Å². The zero-order valence-electron chi connectivity index (χ0n) is 16.6. The minimum absolute atomic E-state index is 0.189. The number of benzene rings is 2. The zero-order chi connectivity index (χ0) is 20.5. The lowest BCUT2D eigenvalue weighted by Crippen LogP contribution is -2.41. The summed E-state index contributed by atoms with van der Waals surface area (Å²) in [6.45, 7) is 0.220. The average Bonchev–Trinajstić information content (AvgIpc) is 2.98. The highest BCUT2D eigenvalue weighted by molar-refractivity contribution is 6.07. The average molecular weight is 392 g/mol. The van der Waals surface area contributed by atoms with Crippen molar-refractivity contribution in [3.8, 4) is 5.75 Å². The van der Waals surface area contributed by atoms with E-state index in [0.717, 1.165) is 27.0 Å². The highest BCUT2D eigenvalue weighted by Gasteiger charge is 2.47. The molecule has 1 heterocycles. The van der Waals surface area contributed by atoms with Crippen LogP contribution in [-0.2, 0) is 20.9 Å². The van der Waals surface area contributed by atoms with Gasteiger partial charge in [-0.1, -0.05) is 30.4 Å². The first-order chi connectivity index (χ1) is 14.0. The van der Waals surface area contributed by atoms with Crippen LogP contribution >= 0.6 is 0 Å². The van der Waals surface area contributed by atoms with E-state index in [-0.39, 0.29) is 36.1 Å². The Morgan fingerprint density at radius 1 is 1.03 bits per heavy atom. The van der Waals surface area contributed by atoms with Crippen molar-refractivity contribution in [3.05, 3.63) is 54.1 Å². The summed E-state index contributed by atoms with van der Waals surface area (Å²) < 4.78 is 5.25. The van der Waals surface area contributed by atoms with Crippen LogP contribution in [0.4, 0.5) is 0 Å². The quantitative estimate of drug-likeness (QED) is 0.580. The number of likely N-dealkylation sites (tertiary alicyclic amines) is 1. The number of fused-ring (bicyclic) bond motifs is 2. The van der Waals surface area contributed by atoms with Gasteiger partial charge in [0.25, 0.3) is 0 Å². The van der Waals surface area contributed by atoms with E-state index in [1.165, 1.54) is 0 Å². The lowest BCUT2D eigenvalue weighted by molar-refractivity contribution is -0.146. The maximum absolute atomic E-state index is 12.7. The summed E-state index contributed by atoms with van der Waals surface area (Å²) >= 11 is 0. The fourth-order valence-corrected chi connectivity index (χ4v) is 4.14. The number of hydrogen-bond acceptors (Lipinski definition) is 4. The molecule has 4 rings (SSSR count). The lowest BCUT2D eigenvalue weighted by atomic mass is 9.85. The molecule has 0 unspecified atom stereocenters. The fourth-order valence-electron chi connectivity index (χ4n) is 4.14. The van der Waals surface area contributed by atoms with Crippen LogP contribution in [-0.4, -0.2) is 48.2 Å². The molecule has 150 valence electrons. The van der Waals surface area contributed by atoms with Crippen LogP contribution in [0.1, 0.15) is 18.4 Å². The topological polar surface area (TPSA) is 66.9 Å². The Morgan fingerprint density at radius 3 is 2.31 bits per heavy atom. The van der Waals surface area contributed by atoms with Gasteiger partial charge >= 0.3 is 0 Å². The summed E-state index contributed by atoms with van der Waals surface area (Å²) in [7, 11) is 3.33. The maximum atomic E-state index is 12.7. The number of amides is 3. The molecule has 2 aromatic rings. The van der Waals surface area contributed by atoms with Crippen LogP contribution in [0.25, 0.3) is 10.8 Å². The molecule has 3 amide bonds. The van der Waals surface area contributed by atoms with Crippen molar-refractivity contribution < 1.29 is 19.1 Å². The first kappa shape index (κ1) is 19.2. The third kappa shape index (κ3) is 3.62. The van der Waals surface area contributed by atoms with Crippen LogP contribution in [0.3, 0.4) is 0 Å². The van der Waals surface area contributed by atoms with Crippen molar-refractivity contribution in [1.29, 1.82) is 0 Å². The smallest absolute Gasteiger partial charge is 0.242 e. The standard InChI is InChI=1S/C23H24N2O4/c1-24(13-15-7-8-17-12-18(29-2)10-9-16(17)11-15)21(26)14-25-22(27)19-5-3-4-6-20(19)23(25)28/h3-4,7-12,19-20H,5-6,13-14H2,1-2H3/t19-,20+. The van der Waals surface area contributed by atoms with Crippen LogP contribution in [0, 0.1) is 11.8 Å². The number of rotatable bonds is 5. The van der Waals surface area contributed by atoms with Crippen molar-refractivity contribution in [2.45, 2.75) is 19.4 Å². The Bertz CT molecular complexity index is 987. The third-order valence-corrected chi connectivity index (χ3v) is 5.85. The van der Waals surface area contributed by atoms with E-state index in [2.05, 4.69) is 0 Å². The molecule has 0 bridgehead atoms. The van der Waals surface area contributed by atoms with Gasteiger partial charge in [0, 0.05) is 13.6 Å². The van der Waals surface area contributed by atoms with Crippen molar-refractivity contribution >= 4 is 28.5 Å². The molecule has 2 aromatic carbocycles. The Kier molecular flexibility index (Phi) is 5.09. The molecule has 1 saturated heterocycles. The first-order valence-electron chi connectivity index (χ1n) is 9.79. The van der Waals surface area contributed by atoms with Gasteiger partial charge in [-0.05, 0) is 47.4 Å². The van der Waals surface area contributed by atoms with E-state index >= 15 is 0 Å². The number of likely N-dealkylation sites (N-methyl/N-ethyl adjacent to an activating group) is 1. The molecule has 0 aromatic heterocycles. The first-order valence-corrected chi connectivity index (χ1v) is 9.79. The molecule has 1 fully saturated rings. The summed E-state index contributed by atoms with van der Waals surface area (Å²) in [6.07, 6.45) is 5.05. The Morgan fingerprint density at radius 2 is 1.66 bits per heavy atom. The van der Waals surface area contributed by atoms with Crippen LogP contribution in [0.5, 0.6) is 5.75 Å². The van der Waals surface area contributed by atoms with Crippen LogP contribution in [0.2, 0.25) is 0 Å². The summed E-state index contributed by atoms with van der Waals surface area (Å²) in [6, 6.07) is 11.9. The summed E-state index contributed by atoms with van der Waals surface area (Å²) in [4.78, 5) is 40.5. The normalized spacial score (nSPS) is 20.8. The third-order valence-electron chi connectivity index (χ3n) is 5.85. The minimum Gasteiger partial charge on any atom is -0.497 e. The Hall–Kier alpha value is -3.15. The van der Waals surface area contributed by atoms with E-state index in [1.54, 1.807) is 19.1 Å². The molecule has 6 nitrogen and oxygen atoms in total. The lowest BCUT2D eigenvalue weighted by Gasteiger charge is -2.21. The van der Waals surface area contributed by atoms with Crippen LogP contribution in [0.15, 0.2) is 48.6 Å². The number of allylic oxidation sites excluding steroid dienone is 2. The van der Waals surface area contributed by atoms with Crippen molar-refractivity contribution in [1.82, 2.24) is 9.80 Å². The van der Waals surface area contributed by atoms with Gasteiger partial charge in [0.15, 0.2) is 0 Å². The SMILES string of the molecule is COc1ccc2cc(CN(C)C(=O)CN3C(=O)[C@H]4CC=CC[C@H]4C3=O)ccc2c1. The summed E-state index contributed by atoms with van der Waals surface area (Å²) in [5, 5.41) is 2.12. The van der Waals surface area contributed by atoms with E-state index in [1.807, 2.05) is 48.6 Å². The largest absolute Gasteiger partial charge is 0.497 e. The summed E-state index contributed by atoms with van der Waals surface area (Å²) in [5.41, 5.74) is 0.982. The van der Waals surface area contributed by atoms with Crippen molar-refractivity contribution in [2.75, 3.05) is 20.7 Å². The number of nitrogens with zero attached hydrogens (tertiary/aromatic N) is 2. The van der Waals surface area contributed by atoms with Gasteiger partial charge in [-0.15, -0.1) is 0 Å². The fraction of sp³-hybridized carbons (Fsp3) is 0.348. The number of ether oxygens (including phenoxy) is 1. The van der Waals surface area contributed by atoms with Gasteiger partial charge in [-0.25, -0.2) is 0 Å². The van der Waals surface area contributed by atoms with E-state index in [9.17, 15) is 14.4 Å². The zero-order valence-corrected chi connectivity index (χ0v) is 16.6. The second kappa shape index (κ2) is 7.70. The monoisotopic (exact) mass is 392 g/mol.